The summed E-state index contributed by atoms with van der Waals surface area (Å²) in [5, 5.41) is 3.85. The van der Waals surface area contributed by atoms with Gasteiger partial charge in [0.15, 0.2) is 0 Å². The van der Waals surface area contributed by atoms with Crippen molar-refractivity contribution in [3.8, 4) is 12.3 Å². The maximum absolute atomic E-state index is 5.31. The quantitative estimate of drug-likeness (QED) is 0.608. The highest BCUT2D eigenvalue weighted by Gasteiger charge is 2.34. The number of hydrogen-bond donors (Lipinski definition) is 1. The van der Waals surface area contributed by atoms with E-state index in [1.807, 2.05) is 0 Å². The van der Waals surface area contributed by atoms with Crippen LogP contribution in [0.2, 0.25) is 0 Å². The van der Waals surface area contributed by atoms with Crippen molar-refractivity contribution < 1.29 is 0 Å². The molecule has 0 radical (unpaired) electrons. The zero-order chi connectivity index (χ0) is 12.7. The van der Waals surface area contributed by atoms with Gasteiger partial charge in [0, 0.05) is 18.5 Å². The molecule has 0 atom stereocenters. The van der Waals surface area contributed by atoms with Crippen LogP contribution in [0.5, 0.6) is 0 Å². The third-order valence-corrected chi connectivity index (χ3v) is 4.53. The molecule has 2 nitrogen and oxygen atoms in total. The van der Waals surface area contributed by atoms with Crippen LogP contribution in [0.3, 0.4) is 0 Å². The highest BCUT2D eigenvalue weighted by atomic mass is 15.2. The standard InChI is InChI=1S/C16H28N2/c1-2-3-4-8-13-18-14-9-12-17-16(15-18)10-6-5-7-11-16/h1,17H,3-15H2. The van der Waals surface area contributed by atoms with Gasteiger partial charge in [-0.3, -0.25) is 0 Å². The van der Waals surface area contributed by atoms with E-state index in [0.29, 0.717) is 5.54 Å². The lowest BCUT2D eigenvalue weighted by atomic mass is 9.81. The lowest BCUT2D eigenvalue weighted by Gasteiger charge is -2.40. The smallest absolute Gasteiger partial charge is 0.0308 e. The molecule has 1 saturated heterocycles. The fourth-order valence-corrected chi connectivity index (χ4v) is 3.54. The van der Waals surface area contributed by atoms with Crippen molar-refractivity contribution in [1.82, 2.24) is 10.2 Å². The molecule has 1 aliphatic carbocycles. The van der Waals surface area contributed by atoms with Crippen molar-refractivity contribution in [1.29, 1.82) is 0 Å². The van der Waals surface area contributed by atoms with Gasteiger partial charge in [0.25, 0.3) is 0 Å². The summed E-state index contributed by atoms with van der Waals surface area (Å²) in [4.78, 5) is 2.68. The minimum Gasteiger partial charge on any atom is -0.310 e. The number of unbranched alkanes of at least 4 members (excludes halogenated alkanes) is 2. The minimum absolute atomic E-state index is 0.445. The summed E-state index contributed by atoms with van der Waals surface area (Å²) in [6.45, 7) is 4.99. The molecule has 0 amide bonds. The predicted molar refractivity (Wildman–Crippen MR) is 77.6 cm³/mol. The van der Waals surface area contributed by atoms with E-state index < -0.39 is 0 Å². The summed E-state index contributed by atoms with van der Waals surface area (Å²) in [5.41, 5.74) is 0.445. The van der Waals surface area contributed by atoms with E-state index in [1.165, 1.54) is 77.5 Å². The predicted octanol–water partition coefficient (Wildman–Crippen LogP) is 2.79. The third kappa shape index (κ3) is 4.00. The Kier molecular flexibility index (Phi) is 5.53. The summed E-state index contributed by atoms with van der Waals surface area (Å²) in [7, 11) is 0. The van der Waals surface area contributed by atoms with Crippen LogP contribution in [0, 0.1) is 12.3 Å². The second kappa shape index (κ2) is 7.16. The zero-order valence-electron chi connectivity index (χ0n) is 11.7. The average molecular weight is 248 g/mol. The molecule has 2 heteroatoms. The molecule has 1 N–H and O–H groups in total. The van der Waals surface area contributed by atoms with E-state index in [4.69, 9.17) is 6.42 Å². The minimum atomic E-state index is 0.445. The van der Waals surface area contributed by atoms with Crippen LogP contribution in [-0.2, 0) is 0 Å². The van der Waals surface area contributed by atoms with Crippen molar-refractivity contribution in [3.63, 3.8) is 0 Å². The van der Waals surface area contributed by atoms with Crippen LogP contribution in [-0.4, -0.2) is 36.6 Å². The van der Waals surface area contributed by atoms with E-state index in [1.54, 1.807) is 0 Å². The highest BCUT2D eigenvalue weighted by Crippen LogP contribution is 2.30. The molecule has 2 aliphatic rings. The molecule has 0 aromatic heterocycles. The Labute approximate surface area is 113 Å². The topological polar surface area (TPSA) is 15.3 Å². The maximum atomic E-state index is 5.31. The molecule has 0 aromatic rings. The second-order valence-electron chi connectivity index (χ2n) is 6.06. The van der Waals surface area contributed by atoms with Crippen molar-refractivity contribution >= 4 is 0 Å². The van der Waals surface area contributed by atoms with Crippen LogP contribution in [0.4, 0.5) is 0 Å². The summed E-state index contributed by atoms with van der Waals surface area (Å²) in [5.74, 6) is 2.74. The van der Waals surface area contributed by atoms with Gasteiger partial charge in [-0.05, 0) is 51.7 Å². The molecule has 1 spiro atoms. The number of rotatable bonds is 4. The summed E-state index contributed by atoms with van der Waals surface area (Å²) < 4.78 is 0. The van der Waals surface area contributed by atoms with Crippen molar-refractivity contribution in [2.24, 2.45) is 0 Å². The lowest BCUT2D eigenvalue weighted by molar-refractivity contribution is 0.162. The van der Waals surface area contributed by atoms with Gasteiger partial charge in [-0.15, -0.1) is 12.3 Å². The van der Waals surface area contributed by atoms with Gasteiger partial charge < -0.3 is 10.2 Å². The molecule has 2 fully saturated rings. The largest absolute Gasteiger partial charge is 0.310 e. The Morgan fingerprint density at radius 3 is 2.72 bits per heavy atom. The zero-order valence-corrected chi connectivity index (χ0v) is 11.7. The molecule has 2 rings (SSSR count). The van der Waals surface area contributed by atoms with Gasteiger partial charge in [-0.2, -0.15) is 0 Å². The van der Waals surface area contributed by atoms with Gasteiger partial charge in [-0.25, -0.2) is 0 Å². The molecule has 1 heterocycles. The van der Waals surface area contributed by atoms with E-state index in [0.717, 1.165) is 6.42 Å². The van der Waals surface area contributed by atoms with E-state index in [-0.39, 0.29) is 0 Å². The van der Waals surface area contributed by atoms with Crippen LogP contribution in [0.15, 0.2) is 0 Å². The second-order valence-corrected chi connectivity index (χ2v) is 6.06. The highest BCUT2D eigenvalue weighted by molar-refractivity contribution is 4.95. The van der Waals surface area contributed by atoms with E-state index >= 15 is 0 Å². The number of nitrogens with zero attached hydrogens (tertiary/aromatic N) is 1. The van der Waals surface area contributed by atoms with Gasteiger partial charge in [-0.1, -0.05) is 19.3 Å². The van der Waals surface area contributed by atoms with E-state index in [9.17, 15) is 0 Å². The molecule has 0 aromatic carbocycles. The van der Waals surface area contributed by atoms with Crippen molar-refractivity contribution in [2.75, 3.05) is 26.2 Å². The molecule has 1 aliphatic heterocycles. The Bertz CT molecular complexity index is 273. The van der Waals surface area contributed by atoms with Crippen molar-refractivity contribution in [2.45, 2.75) is 63.3 Å². The SMILES string of the molecule is C#CCCCCN1CCCNC2(CCCCC2)C1. The average Bonchev–Trinajstić information content (AvgIpc) is 2.59. The summed E-state index contributed by atoms with van der Waals surface area (Å²) in [6.07, 6.45) is 17.0. The first kappa shape index (κ1) is 13.9. The molecule has 0 unspecified atom stereocenters. The molecule has 102 valence electrons. The monoisotopic (exact) mass is 248 g/mol. The molecular formula is C16H28N2. The maximum Gasteiger partial charge on any atom is 0.0308 e. The summed E-state index contributed by atoms with van der Waals surface area (Å²) >= 11 is 0. The van der Waals surface area contributed by atoms with Crippen LogP contribution in [0.1, 0.15) is 57.8 Å². The fourth-order valence-electron chi connectivity index (χ4n) is 3.54. The Morgan fingerprint density at radius 2 is 1.94 bits per heavy atom. The van der Waals surface area contributed by atoms with Crippen molar-refractivity contribution in [3.05, 3.63) is 0 Å². The van der Waals surface area contributed by atoms with E-state index in [2.05, 4.69) is 16.1 Å². The van der Waals surface area contributed by atoms with Crippen LogP contribution >= 0.6 is 0 Å². The fraction of sp³-hybridized carbons (Fsp3) is 0.875. The number of nitrogens with one attached hydrogen (secondary N) is 1. The third-order valence-electron chi connectivity index (χ3n) is 4.53. The van der Waals surface area contributed by atoms with Gasteiger partial charge in [0.05, 0.1) is 0 Å². The first-order chi connectivity index (χ1) is 8.85. The van der Waals surface area contributed by atoms with Gasteiger partial charge >= 0.3 is 0 Å². The van der Waals surface area contributed by atoms with Gasteiger partial charge in [0.1, 0.15) is 0 Å². The Balaban J connectivity index is 1.81. The summed E-state index contributed by atoms with van der Waals surface area (Å²) in [6, 6.07) is 0. The lowest BCUT2D eigenvalue weighted by Crippen LogP contribution is -2.52. The molecule has 18 heavy (non-hydrogen) atoms. The number of hydrogen-bond acceptors (Lipinski definition) is 2. The first-order valence-electron chi connectivity index (χ1n) is 7.76. The van der Waals surface area contributed by atoms with Crippen LogP contribution in [0.25, 0.3) is 0 Å². The Morgan fingerprint density at radius 1 is 1.11 bits per heavy atom. The molecular weight excluding hydrogens is 220 g/mol. The molecule has 1 saturated carbocycles. The molecule has 0 bridgehead atoms. The Hall–Kier alpha value is -0.520. The van der Waals surface area contributed by atoms with Gasteiger partial charge in [0.2, 0.25) is 0 Å². The number of terminal acetylenes is 1. The van der Waals surface area contributed by atoms with Crippen LogP contribution < -0.4 is 5.32 Å². The first-order valence-corrected chi connectivity index (χ1v) is 7.76. The normalized spacial score (nSPS) is 24.6.